The number of carbonyl (C=O) groups is 1. The summed E-state index contributed by atoms with van der Waals surface area (Å²) in [6.07, 6.45) is 3.25. The molecule has 0 bridgehead atoms. The number of hydrogen-bond acceptors (Lipinski definition) is 4. The van der Waals surface area contributed by atoms with E-state index in [-0.39, 0.29) is 23.0 Å². The van der Waals surface area contributed by atoms with Crippen LogP contribution in [0.5, 0.6) is 0 Å². The largest absolute Gasteiger partial charge is 0.312 e. The predicted octanol–water partition coefficient (Wildman–Crippen LogP) is 3.91. The molecule has 156 valence electrons. The van der Waals surface area contributed by atoms with Crippen LogP contribution in [0.4, 0.5) is 10.2 Å². The molecule has 1 spiro atoms. The van der Waals surface area contributed by atoms with E-state index in [0.29, 0.717) is 22.5 Å². The van der Waals surface area contributed by atoms with Crippen LogP contribution in [0.2, 0.25) is 10.2 Å². The van der Waals surface area contributed by atoms with Crippen LogP contribution in [0.15, 0.2) is 30.3 Å². The van der Waals surface area contributed by atoms with E-state index in [1.165, 1.54) is 12.8 Å². The first-order valence-electron chi connectivity index (χ1n) is 10.4. The molecule has 3 fully saturated rings. The highest BCUT2D eigenvalue weighted by molar-refractivity contribution is 6.30. The van der Waals surface area contributed by atoms with Gasteiger partial charge in [0.05, 0.1) is 5.02 Å². The first-order chi connectivity index (χ1) is 14.5. The smallest absolute Gasteiger partial charge is 0.251 e. The molecule has 2 saturated heterocycles. The summed E-state index contributed by atoms with van der Waals surface area (Å²) in [5.74, 6) is 0.0107. The van der Waals surface area contributed by atoms with Gasteiger partial charge < -0.3 is 10.6 Å². The summed E-state index contributed by atoms with van der Waals surface area (Å²) >= 11 is 12.3. The van der Waals surface area contributed by atoms with Crippen molar-refractivity contribution >= 4 is 34.9 Å². The van der Waals surface area contributed by atoms with Gasteiger partial charge in [0.15, 0.2) is 0 Å². The number of aromatic nitrogens is 1. The van der Waals surface area contributed by atoms with Gasteiger partial charge in [-0.05, 0) is 55.5 Å². The Morgan fingerprint density at radius 2 is 2.03 bits per heavy atom. The molecule has 4 heterocycles. The van der Waals surface area contributed by atoms with Crippen molar-refractivity contribution in [3.8, 4) is 0 Å². The van der Waals surface area contributed by atoms with Gasteiger partial charge in [0.1, 0.15) is 22.3 Å². The van der Waals surface area contributed by atoms with E-state index in [2.05, 4.69) is 20.5 Å². The van der Waals surface area contributed by atoms with Crippen LogP contribution in [0, 0.1) is 11.7 Å². The standard InChI is InChI=1S/C22H21Cl2FN4O/c23-14-3-1-2-12(18(14)25)17-19-15(8-9-26-19)29(10-11-4-5-11)22(17)13-6-7-16(24)27-20(13)28-21(22)30/h1-3,6-7,11,15,17,19,26H,4-5,8-10H2,(H,27,28,30)/t15-,17-,19+,22+/m0/s1. The van der Waals surface area contributed by atoms with Crippen LogP contribution in [-0.2, 0) is 10.3 Å². The van der Waals surface area contributed by atoms with E-state index in [0.717, 1.165) is 25.1 Å². The lowest BCUT2D eigenvalue weighted by atomic mass is 9.74. The Hall–Kier alpha value is -1.73. The van der Waals surface area contributed by atoms with Gasteiger partial charge in [-0.3, -0.25) is 9.69 Å². The second-order valence-corrected chi connectivity index (χ2v) is 9.60. The summed E-state index contributed by atoms with van der Waals surface area (Å²) in [6.45, 7) is 1.66. The van der Waals surface area contributed by atoms with Gasteiger partial charge in [0.25, 0.3) is 5.91 Å². The maximum Gasteiger partial charge on any atom is 0.251 e. The van der Waals surface area contributed by atoms with Crippen molar-refractivity contribution < 1.29 is 9.18 Å². The van der Waals surface area contributed by atoms with Crippen molar-refractivity contribution in [2.45, 2.75) is 42.8 Å². The minimum absolute atomic E-state index is 0.0518. The minimum atomic E-state index is -1.04. The molecule has 1 aromatic heterocycles. The quantitative estimate of drug-likeness (QED) is 0.701. The van der Waals surface area contributed by atoms with E-state index in [4.69, 9.17) is 23.2 Å². The fraction of sp³-hybridized carbons (Fsp3) is 0.455. The summed E-state index contributed by atoms with van der Waals surface area (Å²) in [6, 6.07) is 8.75. The molecular formula is C22H21Cl2FN4O. The number of pyridine rings is 1. The zero-order chi connectivity index (χ0) is 20.6. The first-order valence-corrected chi connectivity index (χ1v) is 11.2. The molecule has 0 unspecified atom stereocenters. The number of benzene rings is 1. The molecule has 8 heteroatoms. The van der Waals surface area contributed by atoms with Crippen LogP contribution in [0.25, 0.3) is 0 Å². The molecule has 1 aliphatic carbocycles. The van der Waals surface area contributed by atoms with Crippen LogP contribution < -0.4 is 10.6 Å². The number of hydrogen-bond donors (Lipinski definition) is 2. The van der Waals surface area contributed by atoms with E-state index < -0.39 is 17.3 Å². The van der Waals surface area contributed by atoms with E-state index in [9.17, 15) is 4.79 Å². The number of anilines is 1. The highest BCUT2D eigenvalue weighted by Gasteiger charge is 2.68. The molecule has 1 saturated carbocycles. The van der Waals surface area contributed by atoms with Gasteiger partial charge in [0, 0.05) is 30.1 Å². The molecule has 1 aromatic carbocycles. The Bertz CT molecular complexity index is 1060. The maximum absolute atomic E-state index is 15.4. The third-order valence-corrected chi connectivity index (χ3v) is 7.72. The lowest BCUT2D eigenvalue weighted by Gasteiger charge is -2.40. The number of nitrogens with zero attached hydrogens (tertiary/aromatic N) is 2. The van der Waals surface area contributed by atoms with Crippen LogP contribution >= 0.6 is 23.2 Å². The van der Waals surface area contributed by atoms with Gasteiger partial charge >= 0.3 is 0 Å². The Morgan fingerprint density at radius 3 is 2.83 bits per heavy atom. The van der Waals surface area contributed by atoms with Crippen molar-refractivity contribution in [2.24, 2.45) is 5.92 Å². The average Bonchev–Trinajstić information content (AvgIpc) is 3.24. The highest BCUT2D eigenvalue weighted by Crippen LogP contribution is 2.59. The number of fused-ring (bicyclic) bond motifs is 3. The van der Waals surface area contributed by atoms with Crippen LogP contribution in [-0.4, -0.2) is 41.0 Å². The average molecular weight is 447 g/mol. The number of nitrogens with one attached hydrogen (secondary N) is 2. The fourth-order valence-electron chi connectivity index (χ4n) is 5.90. The lowest BCUT2D eigenvalue weighted by molar-refractivity contribution is -0.128. The molecular weight excluding hydrogens is 426 g/mol. The van der Waals surface area contributed by atoms with Crippen LogP contribution in [0.3, 0.4) is 0 Å². The first kappa shape index (κ1) is 19.0. The summed E-state index contributed by atoms with van der Waals surface area (Å²) < 4.78 is 15.4. The van der Waals surface area contributed by atoms with E-state index >= 15 is 4.39 Å². The van der Waals surface area contributed by atoms with Gasteiger partial charge in [0.2, 0.25) is 0 Å². The molecule has 2 N–H and O–H groups in total. The Balaban J connectivity index is 1.62. The summed E-state index contributed by atoms with van der Waals surface area (Å²) in [5.41, 5.74) is 0.213. The molecule has 6 rings (SSSR count). The number of halogens is 3. The molecule has 3 aliphatic heterocycles. The summed E-state index contributed by atoms with van der Waals surface area (Å²) in [7, 11) is 0. The van der Waals surface area contributed by atoms with Crippen molar-refractivity contribution in [1.82, 2.24) is 15.2 Å². The Labute approximate surface area is 183 Å². The molecule has 30 heavy (non-hydrogen) atoms. The highest BCUT2D eigenvalue weighted by atomic mass is 35.5. The van der Waals surface area contributed by atoms with Crippen molar-refractivity contribution in [1.29, 1.82) is 0 Å². The molecule has 2 aromatic rings. The minimum Gasteiger partial charge on any atom is -0.312 e. The van der Waals surface area contributed by atoms with E-state index in [1.807, 2.05) is 6.07 Å². The molecule has 1 amide bonds. The van der Waals surface area contributed by atoms with Gasteiger partial charge in [-0.1, -0.05) is 35.3 Å². The molecule has 0 radical (unpaired) electrons. The topological polar surface area (TPSA) is 57.3 Å². The van der Waals surface area contributed by atoms with Gasteiger partial charge in [-0.25, -0.2) is 9.37 Å². The zero-order valence-corrected chi connectivity index (χ0v) is 17.7. The third-order valence-electron chi connectivity index (χ3n) is 7.22. The van der Waals surface area contributed by atoms with Gasteiger partial charge in [-0.2, -0.15) is 0 Å². The Kier molecular flexibility index (Phi) is 4.20. The third kappa shape index (κ3) is 2.48. The zero-order valence-electron chi connectivity index (χ0n) is 16.2. The van der Waals surface area contributed by atoms with E-state index in [1.54, 1.807) is 24.3 Å². The second-order valence-electron chi connectivity index (χ2n) is 8.80. The van der Waals surface area contributed by atoms with Crippen molar-refractivity contribution in [2.75, 3.05) is 18.4 Å². The number of likely N-dealkylation sites (tertiary alicyclic amines) is 1. The Morgan fingerprint density at radius 1 is 1.20 bits per heavy atom. The molecule has 5 nitrogen and oxygen atoms in total. The normalized spacial score (nSPS) is 32.5. The van der Waals surface area contributed by atoms with Crippen molar-refractivity contribution in [3.05, 3.63) is 57.5 Å². The monoisotopic (exact) mass is 446 g/mol. The molecule has 4 atom stereocenters. The van der Waals surface area contributed by atoms with Gasteiger partial charge in [-0.15, -0.1) is 0 Å². The summed E-state index contributed by atoms with van der Waals surface area (Å²) in [5, 5.41) is 6.93. The van der Waals surface area contributed by atoms with Crippen LogP contribution in [0.1, 0.15) is 36.3 Å². The SMILES string of the molecule is O=C1Nc2nc(Cl)ccc2[C@@]12[C@@H](c1cccc(Cl)c1F)[C@@H]1NCC[C@@H]1N2CC1CC1. The lowest BCUT2D eigenvalue weighted by Crippen LogP contribution is -2.53. The number of carbonyl (C=O) groups excluding carboxylic acids is 1. The summed E-state index contributed by atoms with van der Waals surface area (Å²) in [4.78, 5) is 20.5. The number of rotatable bonds is 3. The second kappa shape index (κ2) is 6.63. The molecule has 4 aliphatic rings. The fourth-order valence-corrected chi connectivity index (χ4v) is 6.23. The van der Waals surface area contributed by atoms with Crippen molar-refractivity contribution in [3.63, 3.8) is 0 Å². The predicted molar refractivity (Wildman–Crippen MR) is 113 cm³/mol. The maximum atomic E-state index is 15.4. The number of amides is 1.